The molecule has 3 amide bonds. The van der Waals surface area contributed by atoms with E-state index < -0.39 is 23.7 Å². The number of anilines is 1. The van der Waals surface area contributed by atoms with Gasteiger partial charge in [0.25, 0.3) is 0 Å². The van der Waals surface area contributed by atoms with E-state index in [0.717, 1.165) is 0 Å². The fraction of sp³-hybridized carbons (Fsp3) is 0.125. The number of primary amides is 1. The Labute approximate surface area is 205 Å². The number of benzene rings is 2. The van der Waals surface area contributed by atoms with Crippen molar-refractivity contribution in [3.05, 3.63) is 77.2 Å². The van der Waals surface area contributed by atoms with E-state index in [0.29, 0.717) is 28.5 Å². The van der Waals surface area contributed by atoms with Crippen LogP contribution in [0.25, 0.3) is 0 Å². The molecule has 0 radical (unpaired) electrons. The first-order valence-electron chi connectivity index (χ1n) is 10.3. The molecular formula is C24H22N4O8. The average molecular weight is 494 g/mol. The predicted molar refractivity (Wildman–Crippen MR) is 127 cm³/mol. The van der Waals surface area contributed by atoms with Crippen LogP contribution in [0.1, 0.15) is 32.2 Å². The molecule has 12 heteroatoms. The largest absolute Gasteiger partial charge is 0.493 e. The van der Waals surface area contributed by atoms with E-state index in [-0.39, 0.29) is 17.9 Å². The first kappa shape index (κ1) is 25.5. The minimum atomic E-state index is -0.998. The third-order valence-corrected chi connectivity index (χ3v) is 4.62. The second kappa shape index (κ2) is 11.8. The summed E-state index contributed by atoms with van der Waals surface area (Å²) in [5.41, 5.74) is 8.40. The number of hydrogen-bond acceptors (Lipinski definition) is 9. The molecule has 0 atom stereocenters. The summed E-state index contributed by atoms with van der Waals surface area (Å²) in [6, 6.07) is 13.7. The summed E-state index contributed by atoms with van der Waals surface area (Å²) >= 11 is 0. The number of nitrogens with one attached hydrogen (secondary N) is 2. The second-order valence-corrected chi connectivity index (χ2v) is 7.05. The summed E-state index contributed by atoms with van der Waals surface area (Å²) in [6.07, 6.45) is 1.31. The van der Waals surface area contributed by atoms with Crippen LogP contribution < -0.4 is 25.9 Å². The minimum absolute atomic E-state index is 0.0389. The molecule has 0 saturated heterocycles. The molecule has 4 N–H and O–H groups in total. The molecule has 0 spiro atoms. The Morgan fingerprint density at radius 2 is 1.72 bits per heavy atom. The topological polar surface area (TPSA) is 172 Å². The molecule has 1 aromatic heterocycles. The van der Waals surface area contributed by atoms with E-state index in [1.54, 1.807) is 24.3 Å². The highest BCUT2D eigenvalue weighted by molar-refractivity contribution is 6.39. The van der Waals surface area contributed by atoms with Crippen LogP contribution in [0.2, 0.25) is 0 Å². The zero-order valence-corrected chi connectivity index (χ0v) is 19.3. The van der Waals surface area contributed by atoms with Crippen molar-refractivity contribution in [3.8, 4) is 11.5 Å². The van der Waals surface area contributed by atoms with Crippen LogP contribution in [0, 0.1) is 0 Å². The lowest BCUT2D eigenvalue weighted by Crippen LogP contribution is -2.32. The van der Waals surface area contributed by atoms with Crippen molar-refractivity contribution in [3.63, 3.8) is 0 Å². The van der Waals surface area contributed by atoms with Gasteiger partial charge in [-0.25, -0.2) is 10.2 Å². The Bertz CT molecular complexity index is 1300. The molecule has 0 bridgehead atoms. The first-order chi connectivity index (χ1) is 17.3. The van der Waals surface area contributed by atoms with Crippen LogP contribution in [-0.4, -0.2) is 44.1 Å². The summed E-state index contributed by atoms with van der Waals surface area (Å²) in [7, 11) is 2.71. The van der Waals surface area contributed by atoms with Crippen LogP contribution in [0.3, 0.4) is 0 Å². The number of ether oxygens (including phenoxy) is 3. The summed E-state index contributed by atoms with van der Waals surface area (Å²) in [6.45, 7) is 0.0389. The van der Waals surface area contributed by atoms with Gasteiger partial charge in [0.2, 0.25) is 11.7 Å². The number of esters is 1. The van der Waals surface area contributed by atoms with Crippen molar-refractivity contribution >= 4 is 35.6 Å². The molecule has 186 valence electrons. The number of amides is 3. The van der Waals surface area contributed by atoms with E-state index in [1.807, 2.05) is 0 Å². The van der Waals surface area contributed by atoms with E-state index in [1.165, 1.54) is 50.8 Å². The maximum Gasteiger partial charge on any atom is 0.373 e. The van der Waals surface area contributed by atoms with Gasteiger partial charge in [-0.15, -0.1) is 0 Å². The number of rotatable bonds is 9. The molecule has 3 rings (SSSR count). The normalized spacial score (nSPS) is 10.5. The maximum atomic E-state index is 12.0. The molecule has 0 aliphatic carbocycles. The van der Waals surface area contributed by atoms with Gasteiger partial charge in [0, 0.05) is 11.3 Å². The van der Waals surface area contributed by atoms with Crippen molar-refractivity contribution in [2.24, 2.45) is 10.8 Å². The Balaban J connectivity index is 1.54. The third-order valence-electron chi connectivity index (χ3n) is 4.62. The SMILES string of the molecule is COC(=O)c1ccc(COc2ccc(/C=N/NC(=O)C(=O)Nc3ccc(C(N)=O)cc3)cc2OC)o1. The molecule has 0 unspecified atom stereocenters. The third kappa shape index (κ3) is 6.70. The van der Waals surface area contributed by atoms with Crippen molar-refractivity contribution in [2.75, 3.05) is 19.5 Å². The molecule has 2 aromatic carbocycles. The van der Waals surface area contributed by atoms with Crippen LogP contribution in [0.4, 0.5) is 5.69 Å². The number of furan rings is 1. The molecule has 1 heterocycles. The van der Waals surface area contributed by atoms with Gasteiger partial charge >= 0.3 is 17.8 Å². The molecule has 0 aliphatic heterocycles. The summed E-state index contributed by atoms with van der Waals surface area (Å²) in [5, 5.41) is 6.14. The predicted octanol–water partition coefficient (Wildman–Crippen LogP) is 1.84. The molecular weight excluding hydrogens is 472 g/mol. The van der Waals surface area contributed by atoms with Gasteiger partial charge in [0.1, 0.15) is 12.4 Å². The zero-order chi connectivity index (χ0) is 26.1. The molecule has 3 aromatic rings. The monoisotopic (exact) mass is 494 g/mol. The van der Waals surface area contributed by atoms with Crippen molar-refractivity contribution in [2.45, 2.75) is 6.61 Å². The van der Waals surface area contributed by atoms with E-state index in [4.69, 9.17) is 19.6 Å². The average Bonchev–Trinajstić information content (AvgIpc) is 3.36. The fourth-order valence-electron chi connectivity index (χ4n) is 2.82. The standard InChI is InChI=1S/C24H22N4O8/c1-33-20-11-14(3-9-18(20)35-13-17-8-10-19(36-17)24(32)34-2)12-26-28-23(31)22(30)27-16-6-4-15(5-7-16)21(25)29/h3-12H,13H2,1-2H3,(H2,25,29)(H,27,30)(H,28,31)/b26-12+. The van der Waals surface area contributed by atoms with Crippen LogP contribution >= 0.6 is 0 Å². The Hall–Kier alpha value is -5.13. The quantitative estimate of drug-likeness (QED) is 0.175. The number of nitrogens with two attached hydrogens (primary N) is 1. The summed E-state index contributed by atoms with van der Waals surface area (Å²) in [5.74, 6) is -1.90. The van der Waals surface area contributed by atoms with Crippen molar-refractivity contribution in [1.82, 2.24) is 5.43 Å². The molecule has 0 aliphatic rings. The minimum Gasteiger partial charge on any atom is -0.493 e. The number of carbonyl (C=O) groups excluding carboxylic acids is 4. The lowest BCUT2D eigenvalue weighted by molar-refractivity contribution is -0.136. The van der Waals surface area contributed by atoms with Gasteiger partial charge in [0.15, 0.2) is 11.5 Å². The Morgan fingerprint density at radius 1 is 0.972 bits per heavy atom. The van der Waals surface area contributed by atoms with Gasteiger partial charge in [0.05, 0.1) is 20.4 Å². The number of hydrazone groups is 1. The van der Waals surface area contributed by atoms with Gasteiger partial charge < -0.3 is 29.7 Å². The number of methoxy groups -OCH3 is 2. The number of hydrogen-bond donors (Lipinski definition) is 3. The Morgan fingerprint density at radius 3 is 2.39 bits per heavy atom. The van der Waals surface area contributed by atoms with Gasteiger partial charge in [-0.1, -0.05) is 0 Å². The van der Waals surface area contributed by atoms with Crippen molar-refractivity contribution in [1.29, 1.82) is 0 Å². The highest BCUT2D eigenvalue weighted by atomic mass is 16.5. The zero-order valence-electron chi connectivity index (χ0n) is 19.3. The van der Waals surface area contributed by atoms with Crippen LogP contribution in [0.15, 0.2) is 64.1 Å². The highest BCUT2D eigenvalue weighted by Gasteiger charge is 2.14. The maximum absolute atomic E-state index is 12.0. The van der Waals surface area contributed by atoms with E-state index in [9.17, 15) is 19.2 Å². The van der Waals surface area contributed by atoms with Crippen molar-refractivity contribution < 1.29 is 37.8 Å². The molecule has 36 heavy (non-hydrogen) atoms. The lowest BCUT2D eigenvalue weighted by atomic mass is 10.2. The second-order valence-electron chi connectivity index (χ2n) is 7.05. The number of nitrogens with zero attached hydrogens (tertiary/aromatic N) is 1. The molecule has 0 saturated carbocycles. The van der Waals surface area contributed by atoms with Crippen LogP contribution in [-0.2, 0) is 20.9 Å². The molecule has 12 nitrogen and oxygen atoms in total. The van der Waals surface area contributed by atoms with E-state index >= 15 is 0 Å². The molecule has 0 fully saturated rings. The first-order valence-corrected chi connectivity index (χ1v) is 10.3. The smallest absolute Gasteiger partial charge is 0.373 e. The van der Waals surface area contributed by atoms with Gasteiger partial charge in [-0.2, -0.15) is 5.10 Å². The van der Waals surface area contributed by atoms with E-state index in [2.05, 4.69) is 20.6 Å². The fourth-order valence-corrected chi connectivity index (χ4v) is 2.82. The summed E-state index contributed by atoms with van der Waals surface area (Å²) in [4.78, 5) is 46.5. The summed E-state index contributed by atoms with van der Waals surface area (Å²) < 4.78 is 20.9. The lowest BCUT2D eigenvalue weighted by Gasteiger charge is -2.10. The Kier molecular flexibility index (Phi) is 8.38. The van der Waals surface area contributed by atoms with Gasteiger partial charge in [-0.05, 0) is 60.2 Å². The van der Waals surface area contributed by atoms with Gasteiger partial charge in [-0.3, -0.25) is 14.4 Å². The number of carbonyl (C=O) groups is 4. The van der Waals surface area contributed by atoms with Crippen LogP contribution in [0.5, 0.6) is 11.5 Å². The highest BCUT2D eigenvalue weighted by Crippen LogP contribution is 2.28.